The van der Waals surface area contributed by atoms with Gasteiger partial charge in [0, 0.05) is 37.2 Å². The summed E-state index contributed by atoms with van der Waals surface area (Å²) in [6, 6.07) is 16.9. The second-order valence-electron chi connectivity index (χ2n) is 9.92. The lowest BCUT2D eigenvalue weighted by molar-refractivity contribution is -0.253. The highest BCUT2D eigenvalue weighted by molar-refractivity contribution is 6.04. The van der Waals surface area contributed by atoms with E-state index in [9.17, 15) is 30.5 Å². The van der Waals surface area contributed by atoms with Crippen molar-refractivity contribution in [2.45, 2.75) is 51.4 Å². The number of nitrogens with zero attached hydrogens (tertiary/aromatic N) is 3. The predicted octanol–water partition coefficient (Wildman–Crippen LogP) is 1.90. The number of nitriles is 1. The number of amides is 1. The van der Waals surface area contributed by atoms with Crippen LogP contribution in [-0.4, -0.2) is 81.2 Å². The summed E-state index contributed by atoms with van der Waals surface area (Å²) in [5.41, 5.74) is 3.87. The Morgan fingerprint density at radius 3 is 2.38 bits per heavy atom. The molecule has 1 saturated heterocycles. The Morgan fingerprint density at radius 1 is 1.05 bits per heavy atom. The van der Waals surface area contributed by atoms with Crippen molar-refractivity contribution in [1.82, 2.24) is 9.88 Å². The average Bonchev–Trinajstić information content (AvgIpc) is 3.34. The summed E-state index contributed by atoms with van der Waals surface area (Å²) >= 11 is 0. The Morgan fingerprint density at radius 2 is 1.73 bits per heavy atom. The molecule has 10 nitrogen and oxygen atoms in total. The van der Waals surface area contributed by atoms with Gasteiger partial charge in [0.2, 0.25) is 0 Å². The van der Waals surface area contributed by atoms with Crippen LogP contribution in [-0.2, 0) is 16.6 Å². The van der Waals surface area contributed by atoms with Crippen molar-refractivity contribution in [2.24, 2.45) is 7.05 Å². The first kappa shape index (κ1) is 29.3. The molecule has 0 aliphatic carbocycles. The molecule has 0 radical (unpaired) electrons. The summed E-state index contributed by atoms with van der Waals surface area (Å²) in [7, 11) is 1.85. The summed E-state index contributed by atoms with van der Waals surface area (Å²) in [5.74, 6) is -0.834. The Balaban J connectivity index is 1.60. The first-order valence-corrected chi connectivity index (χ1v) is 13.3. The van der Waals surface area contributed by atoms with E-state index in [0.29, 0.717) is 11.3 Å². The number of carbonyl (C=O) groups is 1. The molecule has 1 unspecified atom stereocenters. The number of nitrogens with one attached hydrogen (secondary N) is 1. The molecule has 10 heteroatoms. The van der Waals surface area contributed by atoms with Crippen LogP contribution in [0.1, 0.15) is 26.5 Å². The van der Waals surface area contributed by atoms with Crippen molar-refractivity contribution in [3.8, 4) is 17.3 Å². The lowest BCUT2D eigenvalue weighted by Gasteiger charge is -2.40. The average molecular weight is 549 g/mol. The number of hydrogen-bond acceptors (Lipinski definition) is 8. The van der Waals surface area contributed by atoms with Crippen molar-refractivity contribution in [1.29, 1.82) is 5.26 Å². The van der Waals surface area contributed by atoms with Crippen molar-refractivity contribution in [3.05, 3.63) is 59.8 Å². The minimum atomic E-state index is -1.68. The van der Waals surface area contributed by atoms with E-state index in [4.69, 9.17) is 4.74 Å². The van der Waals surface area contributed by atoms with Gasteiger partial charge in [0.15, 0.2) is 6.29 Å². The van der Waals surface area contributed by atoms with Crippen LogP contribution in [0.25, 0.3) is 27.6 Å². The van der Waals surface area contributed by atoms with Crippen molar-refractivity contribution >= 4 is 27.9 Å². The van der Waals surface area contributed by atoms with Crippen LogP contribution in [0, 0.1) is 11.3 Å². The molecule has 40 heavy (non-hydrogen) atoms. The van der Waals surface area contributed by atoms with E-state index in [1.165, 1.54) is 5.69 Å². The van der Waals surface area contributed by atoms with Gasteiger partial charge in [-0.05, 0) is 73.0 Å². The van der Waals surface area contributed by atoms with Gasteiger partial charge in [-0.2, -0.15) is 5.26 Å². The Labute approximate surface area is 233 Å². The van der Waals surface area contributed by atoms with E-state index in [0.717, 1.165) is 35.1 Å². The number of rotatable bonds is 8. The monoisotopic (exact) mass is 548 g/mol. The molecule has 4 rings (SSSR count). The van der Waals surface area contributed by atoms with Gasteiger partial charge in [-0.1, -0.05) is 18.2 Å². The van der Waals surface area contributed by atoms with Gasteiger partial charge in [0.05, 0.1) is 6.61 Å². The molecule has 0 spiro atoms. The number of carbonyl (C=O) groups excluding carboxylic acids is 1. The minimum Gasteiger partial charge on any atom is -0.394 e. The lowest BCUT2D eigenvalue weighted by atomic mass is 9.96. The first-order valence-electron chi connectivity index (χ1n) is 13.3. The molecule has 2 heterocycles. The van der Waals surface area contributed by atoms with Crippen LogP contribution in [0.2, 0.25) is 0 Å². The standard InChI is InChI=1S/C30H36N4O6/c1-5-34(6-2)21-10-9-18-13-20(8-7-19(18)14-21)24-12-11-23(33(24)4)17(3)22(15-31)29(38)32-26-28(37)27(36)25(16-35)40-30(26)39/h7-14,25-28,30,35-37,39H,5-6,16H2,1-4H3,(H,32,38)/b22-17+/t25-,26-,27-,28-,30?/m1/s1. The first-order chi connectivity index (χ1) is 19.1. The quantitative estimate of drug-likeness (QED) is 0.212. The number of hydrogen-bond donors (Lipinski definition) is 5. The van der Waals surface area contributed by atoms with Crippen LogP contribution in [0.4, 0.5) is 5.69 Å². The molecule has 1 aromatic heterocycles. The number of anilines is 1. The number of ether oxygens (including phenoxy) is 1. The molecule has 0 bridgehead atoms. The van der Waals surface area contributed by atoms with E-state index < -0.39 is 43.2 Å². The number of fused-ring (bicyclic) bond motifs is 1. The SMILES string of the molecule is CCN(CC)c1ccc2cc(-c3ccc(/C(C)=C(\C#N)C(=O)N[C@H]4C(O)O[C@H](CO)[C@@H](O)[C@@H]4O)n3C)ccc2c1. The van der Waals surface area contributed by atoms with E-state index in [-0.39, 0.29) is 5.57 Å². The maximum atomic E-state index is 13.0. The molecule has 3 aromatic rings. The third-order valence-corrected chi connectivity index (χ3v) is 7.67. The van der Waals surface area contributed by atoms with Crippen molar-refractivity contribution in [2.75, 3.05) is 24.6 Å². The molecule has 5 atom stereocenters. The zero-order valence-electron chi connectivity index (χ0n) is 23.1. The van der Waals surface area contributed by atoms with Gasteiger partial charge in [-0.15, -0.1) is 0 Å². The summed E-state index contributed by atoms with van der Waals surface area (Å²) < 4.78 is 6.99. The van der Waals surface area contributed by atoms with E-state index in [1.807, 2.05) is 35.9 Å². The molecule has 1 amide bonds. The summed E-state index contributed by atoms with van der Waals surface area (Å²) in [4.78, 5) is 15.3. The second-order valence-corrected chi connectivity index (χ2v) is 9.92. The molecule has 0 saturated carbocycles. The van der Waals surface area contributed by atoms with Crippen molar-refractivity contribution in [3.63, 3.8) is 0 Å². The number of aromatic nitrogens is 1. The summed E-state index contributed by atoms with van der Waals surface area (Å²) in [6.07, 6.45) is -6.03. The predicted molar refractivity (Wildman–Crippen MR) is 152 cm³/mol. The zero-order chi connectivity index (χ0) is 29.1. The topological polar surface area (TPSA) is 151 Å². The molecular weight excluding hydrogens is 512 g/mol. The molecule has 2 aromatic carbocycles. The molecule has 1 aliphatic rings. The summed E-state index contributed by atoms with van der Waals surface area (Å²) in [5, 5.41) is 54.4. The smallest absolute Gasteiger partial charge is 0.262 e. The minimum absolute atomic E-state index is 0.214. The zero-order valence-corrected chi connectivity index (χ0v) is 23.1. The lowest BCUT2D eigenvalue weighted by Crippen LogP contribution is -2.64. The highest BCUT2D eigenvalue weighted by Gasteiger charge is 2.44. The summed E-state index contributed by atoms with van der Waals surface area (Å²) in [6.45, 7) is 7.16. The van der Waals surface area contributed by atoms with Gasteiger partial charge < -0.3 is 39.9 Å². The van der Waals surface area contributed by atoms with Crippen LogP contribution in [0.5, 0.6) is 0 Å². The molecule has 212 valence electrons. The highest BCUT2D eigenvalue weighted by Crippen LogP contribution is 2.31. The van der Waals surface area contributed by atoms with Crippen LogP contribution in [0.3, 0.4) is 0 Å². The van der Waals surface area contributed by atoms with E-state index >= 15 is 0 Å². The third-order valence-electron chi connectivity index (χ3n) is 7.67. The molecule has 1 aliphatic heterocycles. The Hall–Kier alpha value is -3.72. The van der Waals surface area contributed by atoms with Crippen molar-refractivity contribution < 1.29 is 30.0 Å². The fraction of sp³-hybridized carbons (Fsp3) is 0.400. The highest BCUT2D eigenvalue weighted by atomic mass is 16.6. The number of benzene rings is 2. The Bertz CT molecular complexity index is 1450. The van der Waals surface area contributed by atoms with Crippen LogP contribution >= 0.6 is 0 Å². The van der Waals surface area contributed by atoms with Gasteiger partial charge in [-0.25, -0.2) is 0 Å². The van der Waals surface area contributed by atoms with E-state index in [1.54, 1.807) is 6.92 Å². The van der Waals surface area contributed by atoms with Gasteiger partial charge in [-0.3, -0.25) is 4.79 Å². The van der Waals surface area contributed by atoms with E-state index in [2.05, 4.69) is 54.4 Å². The maximum absolute atomic E-state index is 13.0. The normalized spacial score (nSPS) is 23.4. The molecule has 1 fully saturated rings. The third kappa shape index (κ3) is 5.47. The van der Waals surface area contributed by atoms with Crippen LogP contribution < -0.4 is 10.2 Å². The van der Waals surface area contributed by atoms with Gasteiger partial charge in [0.25, 0.3) is 5.91 Å². The number of aliphatic hydroxyl groups is 4. The largest absolute Gasteiger partial charge is 0.394 e. The fourth-order valence-corrected chi connectivity index (χ4v) is 5.27. The van der Waals surface area contributed by atoms with Gasteiger partial charge >= 0.3 is 0 Å². The molecular formula is C30H36N4O6. The molecule has 5 N–H and O–H groups in total. The fourth-order valence-electron chi connectivity index (χ4n) is 5.27. The maximum Gasteiger partial charge on any atom is 0.262 e. The number of allylic oxidation sites excluding steroid dienone is 1. The number of aliphatic hydroxyl groups excluding tert-OH is 4. The second kappa shape index (κ2) is 12.2. The van der Waals surface area contributed by atoms with Crippen LogP contribution in [0.15, 0.2) is 54.1 Å². The Kier molecular flexibility index (Phi) is 8.93. The van der Waals surface area contributed by atoms with Gasteiger partial charge in [0.1, 0.15) is 36.0 Å².